The molecule has 0 aliphatic rings. The quantitative estimate of drug-likeness (QED) is 0.786. The number of nitrogen functional groups attached to an aromatic ring is 1. The van der Waals surface area contributed by atoms with Gasteiger partial charge in [0.1, 0.15) is 12.0 Å². The van der Waals surface area contributed by atoms with Gasteiger partial charge in [0.2, 0.25) is 0 Å². The highest BCUT2D eigenvalue weighted by Gasteiger charge is 2.12. The lowest BCUT2D eigenvalue weighted by molar-refractivity contribution is 0.734. The molecule has 0 amide bonds. The number of aromatic nitrogens is 2. The van der Waals surface area contributed by atoms with E-state index >= 15 is 0 Å². The van der Waals surface area contributed by atoms with Crippen LogP contribution in [0.4, 0.5) is 11.5 Å². The van der Waals surface area contributed by atoms with Crippen LogP contribution in [0.25, 0.3) is 0 Å². The zero-order valence-electron chi connectivity index (χ0n) is 9.20. The maximum atomic E-state index is 5.86. The third kappa shape index (κ3) is 2.96. The van der Waals surface area contributed by atoms with Crippen molar-refractivity contribution in [3.63, 3.8) is 0 Å². The molecule has 0 aliphatic heterocycles. The van der Waals surface area contributed by atoms with Crippen molar-refractivity contribution in [1.82, 2.24) is 9.97 Å². The molecule has 0 aromatic carbocycles. The average Bonchev–Trinajstić information content (AvgIpc) is 2.22. The Morgan fingerprint density at radius 2 is 1.87 bits per heavy atom. The van der Waals surface area contributed by atoms with Crippen molar-refractivity contribution in [2.45, 2.75) is 26.7 Å². The largest absolute Gasteiger partial charge is 0.393 e. The van der Waals surface area contributed by atoms with Crippen molar-refractivity contribution >= 4 is 23.1 Å². The van der Waals surface area contributed by atoms with Gasteiger partial charge in [0, 0.05) is 13.1 Å². The van der Waals surface area contributed by atoms with E-state index in [9.17, 15) is 0 Å². The molecule has 0 saturated heterocycles. The molecule has 0 unspecified atom stereocenters. The van der Waals surface area contributed by atoms with E-state index in [4.69, 9.17) is 17.3 Å². The molecule has 0 saturated carbocycles. The van der Waals surface area contributed by atoms with Crippen LogP contribution in [0.1, 0.15) is 26.7 Å². The van der Waals surface area contributed by atoms with Crippen LogP contribution in [0.3, 0.4) is 0 Å². The first-order valence-corrected chi connectivity index (χ1v) is 5.59. The second-order valence-corrected chi connectivity index (χ2v) is 3.75. The lowest BCUT2D eigenvalue weighted by Gasteiger charge is -2.23. The number of halogens is 1. The minimum absolute atomic E-state index is 0.331. The van der Waals surface area contributed by atoms with E-state index in [1.165, 1.54) is 6.33 Å². The molecule has 0 radical (unpaired) electrons. The zero-order valence-corrected chi connectivity index (χ0v) is 9.96. The van der Waals surface area contributed by atoms with Gasteiger partial charge in [-0.1, -0.05) is 25.4 Å². The number of hydrogen-bond donors (Lipinski definition) is 1. The third-order valence-corrected chi connectivity index (χ3v) is 2.40. The van der Waals surface area contributed by atoms with Crippen molar-refractivity contribution in [3.05, 3.63) is 11.5 Å². The van der Waals surface area contributed by atoms with E-state index < -0.39 is 0 Å². The summed E-state index contributed by atoms with van der Waals surface area (Å²) in [5, 5.41) is 0.331. The molecule has 2 N–H and O–H groups in total. The molecule has 1 heterocycles. The molecule has 1 rings (SSSR count). The Morgan fingerprint density at radius 1 is 1.27 bits per heavy atom. The molecule has 0 spiro atoms. The van der Waals surface area contributed by atoms with Crippen molar-refractivity contribution in [2.24, 2.45) is 0 Å². The summed E-state index contributed by atoms with van der Waals surface area (Å²) in [6, 6.07) is 0. The van der Waals surface area contributed by atoms with Crippen LogP contribution in [0.5, 0.6) is 0 Å². The van der Waals surface area contributed by atoms with Gasteiger partial charge >= 0.3 is 0 Å². The Balaban J connectivity index is 2.94. The van der Waals surface area contributed by atoms with Crippen LogP contribution >= 0.6 is 11.6 Å². The first-order valence-electron chi connectivity index (χ1n) is 5.21. The van der Waals surface area contributed by atoms with Crippen molar-refractivity contribution in [2.75, 3.05) is 23.7 Å². The number of anilines is 2. The average molecular weight is 229 g/mol. The molecule has 0 fully saturated rings. The normalized spacial score (nSPS) is 10.3. The van der Waals surface area contributed by atoms with E-state index in [1.54, 1.807) is 0 Å². The van der Waals surface area contributed by atoms with Crippen LogP contribution in [0, 0.1) is 0 Å². The Morgan fingerprint density at radius 3 is 2.40 bits per heavy atom. The summed E-state index contributed by atoms with van der Waals surface area (Å²) >= 11 is 5.86. The molecular formula is C10H17ClN4. The summed E-state index contributed by atoms with van der Waals surface area (Å²) in [5.74, 6) is 0.749. The second kappa shape index (κ2) is 5.75. The number of nitrogens with zero attached hydrogens (tertiary/aromatic N) is 3. The molecule has 15 heavy (non-hydrogen) atoms. The molecule has 0 aliphatic carbocycles. The van der Waals surface area contributed by atoms with Crippen LogP contribution in [-0.2, 0) is 0 Å². The van der Waals surface area contributed by atoms with Gasteiger partial charge in [0.05, 0.1) is 0 Å². The van der Waals surface area contributed by atoms with E-state index in [-0.39, 0.29) is 0 Å². The summed E-state index contributed by atoms with van der Waals surface area (Å²) < 4.78 is 0. The number of hydrogen-bond acceptors (Lipinski definition) is 4. The molecule has 84 valence electrons. The summed E-state index contributed by atoms with van der Waals surface area (Å²) in [6.07, 6.45) is 3.56. The van der Waals surface area contributed by atoms with Gasteiger partial charge in [-0.15, -0.1) is 0 Å². The highest BCUT2D eigenvalue weighted by molar-refractivity contribution is 6.32. The summed E-state index contributed by atoms with van der Waals surface area (Å²) in [5.41, 5.74) is 6.32. The van der Waals surface area contributed by atoms with Crippen LogP contribution in [0.15, 0.2) is 6.33 Å². The van der Waals surface area contributed by atoms with E-state index in [2.05, 4.69) is 28.7 Å². The van der Waals surface area contributed by atoms with Crippen molar-refractivity contribution in [1.29, 1.82) is 0 Å². The fourth-order valence-corrected chi connectivity index (χ4v) is 1.61. The monoisotopic (exact) mass is 228 g/mol. The SMILES string of the molecule is CCCN(CCC)c1ncnc(Cl)c1N. The summed E-state index contributed by atoms with van der Waals surface area (Å²) in [6.45, 7) is 6.13. The molecule has 0 bridgehead atoms. The highest BCUT2D eigenvalue weighted by atomic mass is 35.5. The van der Waals surface area contributed by atoms with E-state index in [1.807, 2.05) is 0 Å². The molecule has 1 aromatic heterocycles. The second-order valence-electron chi connectivity index (χ2n) is 3.39. The van der Waals surface area contributed by atoms with Gasteiger partial charge < -0.3 is 10.6 Å². The lowest BCUT2D eigenvalue weighted by atomic mass is 10.3. The predicted molar refractivity (Wildman–Crippen MR) is 64.2 cm³/mol. The minimum atomic E-state index is 0.331. The Bertz CT molecular complexity index is 310. The molecule has 4 nitrogen and oxygen atoms in total. The molecule has 5 heteroatoms. The third-order valence-electron chi connectivity index (χ3n) is 2.10. The molecule has 0 atom stereocenters. The van der Waals surface area contributed by atoms with Gasteiger partial charge in [0.15, 0.2) is 11.0 Å². The lowest BCUT2D eigenvalue weighted by Crippen LogP contribution is -2.27. The van der Waals surface area contributed by atoms with Crippen LogP contribution in [0.2, 0.25) is 5.15 Å². The van der Waals surface area contributed by atoms with Gasteiger partial charge in [-0.3, -0.25) is 0 Å². The van der Waals surface area contributed by atoms with Gasteiger partial charge in [-0.2, -0.15) is 0 Å². The first kappa shape index (κ1) is 12.0. The molecule has 1 aromatic rings. The zero-order chi connectivity index (χ0) is 11.3. The first-order chi connectivity index (χ1) is 7.20. The summed E-state index contributed by atoms with van der Waals surface area (Å²) in [7, 11) is 0. The Kier molecular flexibility index (Phi) is 4.62. The van der Waals surface area contributed by atoms with E-state index in [0.29, 0.717) is 10.8 Å². The fraction of sp³-hybridized carbons (Fsp3) is 0.600. The number of rotatable bonds is 5. The van der Waals surface area contributed by atoms with Crippen molar-refractivity contribution < 1.29 is 0 Å². The predicted octanol–water partition coefficient (Wildman–Crippen LogP) is 2.34. The van der Waals surface area contributed by atoms with Crippen molar-refractivity contribution in [3.8, 4) is 0 Å². The van der Waals surface area contributed by atoms with Crippen LogP contribution < -0.4 is 10.6 Å². The Hall–Kier alpha value is -1.03. The molecular weight excluding hydrogens is 212 g/mol. The van der Waals surface area contributed by atoms with E-state index in [0.717, 1.165) is 31.7 Å². The smallest absolute Gasteiger partial charge is 0.157 e. The van der Waals surface area contributed by atoms with Gasteiger partial charge in [-0.05, 0) is 12.8 Å². The topological polar surface area (TPSA) is 55.0 Å². The number of nitrogens with two attached hydrogens (primary N) is 1. The maximum Gasteiger partial charge on any atom is 0.157 e. The van der Waals surface area contributed by atoms with Crippen LogP contribution in [-0.4, -0.2) is 23.1 Å². The fourth-order valence-electron chi connectivity index (χ4n) is 1.48. The van der Waals surface area contributed by atoms with Gasteiger partial charge in [0.25, 0.3) is 0 Å². The standard InChI is InChI=1S/C10H17ClN4/c1-3-5-15(6-4-2)10-8(12)9(11)13-7-14-10/h7H,3-6,12H2,1-2H3. The minimum Gasteiger partial charge on any atom is -0.393 e. The maximum absolute atomic E-state index is 5.86. The Labute approximate surface area is 95.5 Å². The summed E-state index contributed by atoms with van der Waals surface area (Å²) in [4.78, 5) is 10.2. The highest BCUT2D eigenvalue weighted by Crippen LogP contribution is 2.25. The van der Waals surface area contributed by atoms with Gasteiger partial charge in [-0.25, -0.2) is 9.97 Å².